The number of fused-ring (bicyclic) bond motifs is 6. The highest BCUT2D eigenvalue weighted by molar-refractivity contribution is 8.04. The van der Waals surface area contributed by atoms with Gasteiger partial charge in [0.25, 0.3) is 5.56 Å². The molecule has 10 aromatic rings. The number of pyridine rings is 3. The lowest BCUT2D eigenvalue weighted by Gasteiger charge is -2.25. The maximum absolute atomic E-state index is 14.2. The number of carboxylic acids is 1. The Hall–Kier alpha value is -9.58. The van der Waals surface area contributed by atoms with Gasteiger partial charge in [0, 0.05) is 138 Å². The number of carbonyl (C=O) groups is 4. The van der Waals surface area contributed by atoms with Crippen LogP contribution in [0.5, 0.6) is 0 Å². The lowest BCUT2D eigenvalue weighted by molar-refractivity contribution is -0.645. The van der Waals surface area contributed by atoms with Crippen molar-refractivity contribution in [1.82, 2.24) is 30.4 Å². The Morgan fingerprint density at radius 3 is 1.38 bits per heavy atom. The van der Waals surface area contributed by atoms with E-state index in [-0.39, 0.29) is 69.7 Å². The fourth-order valence-electron chi connectivity index (χ4n) is 14.3. The van der Waals surface area contributed by atoms with Crippen LogP contribution < -0.4 is 55.6 Å². The number of carbonyl (C=O) groups excluding carboxylic acids is 3. The van der Waals surface area contributed by atoms with E-state index in [1.165, 1.54) is 31.0 Å². The second kappa shape index (κ2) is 36.7. The van der Waals surface area contributed by atoms with Crippen LogP contribution in [0, 0.1) is 41.5 Å². The number of nitrogens with one attached hydrogen (secondary N) is 4. The number of ether oxygens (including phenoxy) is 2. The van der Waals surface area contributed by atoms with Gasteiger partial charge in [-0.15, -0.1) is 0 Å². The number of nitrogens with zero attached hydrogens (tertiary/aromatic N) is 8. The van der Waals surface area contributed by atoms with Crippen molar-refractivity contribution < 1.29 is 61.4 Å². The number of aromatic amines is 1. The van der Waals surface area contributed by atoms with E-state index in [0.29, 0.717) is 34.7 Å². The number of aryl methyl sites for hydroxylation is 9. The van der Waals surface area contributed by atoms with Crippen LogP contribution in [0.25, 0.3) is 57.0 Å². The lowest BCUT2D eigenvalue weighted by atomic mass is 10.1. The van der Waals surface area contributed by atoms with E-state index in [4.69, 9.17) is 48.8 Å². The van der Waals surface area contributed by atoms with Crippen molar-refractivity contribution in [3.05, 3.63) is 247 Å². The quantitative estimate of drug-likeness (QED) is 0.0176. The number of amides is 3. The minimum atomic E-state index is -3.83. The van der Waals surface area contributed by atoms with Gasteiger partial charge in [0.15, 0.2) is 18.6 Å². The molecule has 4 aromatic heterocycles. The Balaban J connectivity index is 0.000000355. The summed E-state index contributed by atoms with van der Waals surface area (Å²) in [6.07, 6.45) is 13.9. The molecule has 0 bridgehead atoms. The number of carboxylic acid groups (broad SMARTS) is 1. The molecule has 0 saturated carbocycles. The fourth-order valence-corrected chi connectivity index (χ4v) is 18.9. The van der Waals surface area contributed by atoms with Crippen molar-refractivity contribution in [2.45, 2.75) is 81.1 Å². The van der Waals surface area contributed by atoms with Gasteiger partial charge in [-0.25, -0.2) is 18.5 Å². The van der Waals surface area contributed by atoms with Crippen LogP contribution in [0.3, 0.4) is 0 Å². The van der Waals surface area contributed by atoms with Crippen LogP contribution in [0.1, 0.15) is 68.3 Å². The second-order valence-corrected chi connectivity index (χ2v) is 35.8. The molecule has 0 radical (unpaired) electrons. The molecule has 1 fully saturated rings. The smallest absolute Gasteiger partial charge is 0.330 e. The highest BCUT2D eigenvalue weighted by Crippen LogP contribution is 2.51. The highest BCUT2D eigenvalue weighted by atomic mass is 35.5. The molecule has 6 aromatic carbocycles. The van der Waals surface area contributed by atoms with Crippen molar-refractivity contribution in [2.24, 2.45) is 21.1 Å². The van der Waals surface area contributed by atoms with E-state index in [1.807, 2.05) is 153 Å². The maximum Gasteiger partial charge on any atom is 0.330 e. The molecule has 24 nitrogen and oxygen atoms in total. The third-order valence-corrected chi connectivity index (χ3v) is 25.7. The normalized spacial score (nSPS) is 17.2. The Kier molecular flexibility index (Phi) is 26.8. The first-order chi connectivity index (χ1) is 55.8. The lowest BCUT2D eigenvalue weighted by Crippen LogP contribution is -2.45. The number of hydrogen-bond acceptors (Lipinski definition) is 17. The fraction of sp³-hybridized carbons (Fsp3) is 0.291. The van der Waals surface area contributed by atoms with E-state index < -0.39 is 49.2 Å². The first-order valence-electron chi connectivity index (χ1n) is 37.8. The summed E-state index contributed by atoms with van der Waals surface area (Å²) in [5.74, 6) is -1.79. The van der Waals surface area contributed by atoms with E-state index >= 15 is 0 Å². The summed E-state index contributed by atoms with van der Waals surface area (Å²) in [4.78, 5) is 102. The molecule has 6 N–H and O–H groups in total. The SMILES string of the molecule is COC1CC(n2cc(/C=C/C(=O)NCCN(CCNC(=O)CN3/C(=C/c4cc[n+](C)c5ccc(Cl)cc45)Sc4cc(C)c(C)cc43)CCNC(=O)CN3/C(=C/c4cc[n+](C)c5ccc(Cl)cc45)Sc4cc(C)c(C)cc43)c(=O)[nH]c2=O)OC1COP(C)(=O)O.Cc1cc2c(cc1C)N(CC(=O)O)/C(=C/c1cc[n+](C)c3ccc(Cl)cc13)S2. The van der Waals surface area contributed by atoms with Crippen LogP contribution in [-0.2, 0) is 58.9 Å². The van der Waals surface area contributed by atoms with Crippen molar-refractivity contribution in [1.29, 1.82) is 0 Å². The molecule has 0 aliphatic carbocycles. The van der Waals surface area contributed by atoms with Crippen LogP contribution >= 0.6 is 77.7 Å². The number of methoxy groups -OCH3 is 1. The molecule has 4 unspecified atom stereocenters. The molecule has 4 atom stereocenters. The van der Waals surface area contributed by atoms with Crippen LogP contribution in [-0.4, -0.2) is 140 Å². The van der Waals surface area contributed by atoms with Gasteiger partial charge in [0.05, 0.1) is 66.6 Å². The van der Waals surface area contributed by atoms with Crippen molar-refractivity contribution in [3.63, 3.8) is 0 Å². The molecular formula is C86H91Cl3N12O12PS3+3. The summed E-state index contributed by atoms with van der Waals surface area (Å²) in [7, 11) is 3.58. The number of hydrogen-bond donors (Lipinski definition) is 6. The summed E-state index contributed by atoms with van der Waals surface area (Å²) in [6, 6.07) is 36.3. The number of benzene rings is 6. The van der Waals surface area contributed by atoms with Gasteiger partial charge in [-0.2, -0.15) is 0 Å². The molecule has 0 spiro atoms. The second-order valence-electron chi connectivity index (χ2n) is 29.4. The minimum absolute atomic E-state index is 0.00777. The number of thioether (sulfide) groups is 3. The van der Waals surface area contributed by atoms with Gasteiger partial charge in [-0.05, 0) is 189 Å². The topological polar surface area (TPSA) is 269 Å². The molecular weight excluding hydrogens is 1630 g/mol. The number of aromatic nitrogens is 5. The zero-order chi connectivity index (χ0) is 83.4. The molecule has 4 aliphatic heterocycles. The Bertz CT molecular complexity index is 5760. The molecule has 8 heterocycles. The summed E-state index contributed by atoms with van der Waals surface area (Å²) < 4.78 is 35.7. The number of rotatable bonds is 25. The van der Waals surface area contributed by atoms with Crippen LogP contribution in [0.2, 0.25) is 15.1 Å². The van der Waals surface area contributed by atoms with Gasteiger partial charge in [0.1, 0.15) is 53.1 Å². The van der Waals surface area contributed by atoms with Crippen LogP contribution in [0.15, 0.2) is 179 Å². The average Bonchev–Trinajstić information content (AvgIpc) is 1.66. The van der Waals surface area contributed by atoms with Gasteiger partial charge in [0.2, 0.25) is 34.3 Å². The first kappa shape index (κ1) is 85.3. The summed E-state index contributed by atoms with van der Waals surface area (Å²) in [5.41, 5.74) is 14.2. The predicted octanol–water partition coefficient (Wildman–Crippen LogP) is 13.0. The third kappa shape index (κ3) is 20.2. The van der Waals surface area contributed by atoms with E-state index in [2.05, 4.69) is 110 Å². The van der Waals surface area contributed by atoms with Gasteiger partial charge in [-0.1, -0.05) is 70.1 Å². The molecule has 608 valence electrons. The molecule has 31 heteroatoms. The Morgan fingerprint density at radius 1 is 0.590 bits per heavy atom. The average molecular weight is 1720 g/mol. The van der Waals surface area contributed by atoms with Gasteiger partial charge < -0.3 is 54.6 Å². The summed E-state index contributed by atoms with van der Waals surface area (Å²) in [6.45, 7) is 14.8. The maximum atomic E-state index is 14.2. The van der Waals surface area contributed by atoms with Crippen molar-refractivity contribution >= 4 is 175 Å². The summed E-state index contributed by atoms with van der Waals surface area (Å²) in [5, 5.41) is 26.2. The minimum Gasteiger partial charge on any atom is -0.480 e. The zero-order valence-electron chi connectivity index (χ0n) is 66.5. The monoisotopic (exact) mass is 1720 g/mol. The number of halogens is 3. The predicted molar refractivity (Wildman–Crippen MR) is 466 cm³/mol. The standard InChI is InChI=1S/C64H69Cl2N10O10PS2.C22H19ClN2O2S/c1-38-25-51-55(27-40(38)3)88-61(29-42-15-20-71(5)49-12-10-45(65)31-47(42)49)74(51)35-58(78)68-18-23-73(22-17-67-57(77)14-9-44-34-76(64(81)70-63(44)80)60-33-53(84-7)54(86-60)37-85-87(8,82)83)24-19-69-59(79)36-75-52-26-39(2)41(4)28-56(52)89-62(75)30-43-16-21-72(6)50-13-11-46(66)32-48(43)50;1-13-8-19-20(9-14(13)2)28-21(25(19)12-22(26)27)10-15-6-7-24(3)18-5-4-16(23)11-17(15)18/h9-16,20-21,25-32,34,53-54,60H,17-19,22-24,33,35-37H2,1-8H3,(H3-2,67,68,69,70,77,78,79,80,81,82,83);4-11H,12H2,1-3H3/p+3/b14-9+;. The third-order valence-electron chi connectivity index (χ3n) is 21.1. The molecule has 117 heavy (non-hydrogen) atoms. The van der Waals surface area contributed by atoms with E-state index in [1.54, 1.807) is 35.3 Å². The van der Waals surface area contributed by atoms with Gasteiger partial charge >= 0.3 is 19.3 Å². The van der Waals surface area contributed by atoms with E-state index in [0.717, 1.165) is 135 Å². The van der Waals surface area contributed by atoms with Crippen LogP contribution in [0.4, 0.5) is 17.1 Å². The molecule has 1 saturated heterocycles. The van der Waals surface area contributed by atoms with Crippen molar-refractivity contribution in [3.8, 4) is 0 Å². The Morgan fingerprint density at radius 2 is 0.983 bits per heavy atom. The number of anilines is 3. The molecule has 14 rings (SSSR count). The number of aliphatic carboxylic acids is 1. The first-order valence-corrected chi connectivity index (χ1v) is 43.4. The molecule has 4 aliphatic rings. The van der Waals surface area contributed by atoms with Gasteiger partial charge in [-0.3, -0.25) is 43.0 Å². The zero-order valence-corrected chi connectivity index (χ0v) is 72.1. The number of H-pyrrole nitrogens is 1. The highest BCUT2D eigenvalue weighted by Gasteiger charge is 2.39. The Labute approximate surface area is 705 Å². The van der Waals surface area contributed by atoms with E-state index in [9.17, 15) is 43.3 Å². The van der Waals surface area contributed by atoms with Crippen molar-refractivity contribution in [2.75, 3.05) is 94.0 Å². The largest absolute Gasteiger partial charge is 0.480 e. The summed E-state index contributed by atoms with van der Waals surface area (Å²) >= 11 is 24.1. The molecule has 3 amide bonds.